The van der Waals surface area contributed by atoms with E-state index in [1.54, 1.807) is 34.8 Å². The smallest absolute Gasteiger partial charge is 0.420 e. The third kappa shape index (κ3) is 4.37. The first-order valence-electron chi connectivity index (χ1n) is 10.8. The molecule has 0 spiro atoms. The maximum absolute atomic E-state index is 12.8. The fraction of sp³-hybridized carbons (Fsp3) is 0.360. The van der Waals surface area contributed by atoms with Crippen LogP contribution in [-0.4, -0.2) is 42.7 Å². The molecule has 2 aromatic carbocycles. The van der Waals surface area contributed by atoms with Gasteiger partial charge in [-0.2, -0.15) is 0 Å². The van der Waals surface area contributed by atoms with Crippen molar-refractivity contribution in [1.82, 2.24) is 9.47 Å². The molecule has 0 saturated carbocycles. The van der Waals surface area contributed by atoms with Gasteiger partial charge in [0.05, 0.1) is 24.8 Å². The zero-order valence-corrected chi connectivity index (χ0v) is 19.9. The number of hydrogen-bond donors (Lipinski definition) is 0. The summed E-state index contributed by atoms with van der Waals surface area (Å²) in [4.78, 5) is 27.1. The first-order chi connectivity index (χ1) is 15.8. The summed E-state index contributed by atoms with van der Waals surface area (Å²) in [6, 6.07) is 7.51. The first kappa shape index (κ1) is 23.0. The number of amides is 1. The lowest BCUT2D eigenvalue weighted by Gasteiger charge is -2.31. The Morgan fingerprint density at radius 3 is 2.55 bits per heavy atom. The quantitative estimate of drug-likeness (QED) is 0.503. The Balaban J connectivity index is 1.47. The maximum atomic E-state index is 12.8. The number of halogens is 1. The third-order valence-corrected chi connectivity index (χ3v) is 6.50. The first-order valence-corrected chi connectivity index (χ1v) is 11.2. The zero-order chi connectivity index (χ0) is 23.7. The van der Waals surface area contributed by atoms with Crippen molar-refractivity contribution in [2.75, 3.05) is 27.3 Å². The number of oxazole rings is 1. The molecule has 8 heteroatoms. The predicted octanol–water partition coefficient (Wildman–Crippen LogP) is 4.76. The molecule has 1 aliphatic rings. The van der Waals surface area contributed by atoms with Gasteiger partial charge in [-0.1, -0.05) is 17.7 Å². The Labute approximate surface area is 197 Å². The van der Waals surface area contributed by atoms with E-state index in [-0.39, 0.29) is 17.7 Å². The van der Waals surface area contributed by atoms with E-state index in [1.807, 2.05) is 26.0 Å². The molecule has 4 rings (SSSR count). The normalized spacial score (nSPS) is 14.9. The summed E-state index contributed by atoms with van der Waals surface area (Å²) < 4.78 is 17.8. The van der Waals surface area contributed by atoms with Crippen LogP contribution in [0.3, 0.4) is 0 Å². The number of aryl methyl sites for hydroxylation is 2. The molecule has 3 aromatic rings. The second kappa shape index (κ2) is 9.35. The van der Waals surface area contributed by atoms with Gasteiger partial charge in [0, 0.05) is 25.2 Å². The minimum absolute atomic E-state index is 0.00623. The van der Waals surface area contributed by atoms with Crippen LogP contribution in [0.1, 0.15) is 35.6 Å². The van der Waals surface area contributed by atoms with Crippen molar-refractivity contribution in [2.45, 2.75) is 32.7 Å². The van der Waals surface area contributed by atoms with E-state index in [2.05, 4.69) is 0 Å². The number of piperidine rings is 1. The number of methoxy groups -OCH3 is 2. The molecule has 1 amide bonds. The highest BCUT2D eigenvalue weighted by atomic mass is 35.5. The fourth-order valence-electron chi connectivity index (χ4n) is 4.47. The number of carbonyl (C=O) groups is 1. The molecule has 0 atom stereocenters. The van der Waals surface area contributed by atoms with Crippen LogP contribution in [0.25, 0.3) is 17.2 Å². The number of rotatable bonds is 5. The monoisotopic (exact) mass is 470 g/mol. The van der Waals surface area contributed by atoms with E-state index in [1.165, 1.54) is 13.2 Å². The average Bonchev–Trinajstić information content (AvgIpc) is 3.14. The van der Waals surface area contributed by atoms with Crippen LogP contribution < -0.4 is 15.2 Å². The van der Waals surface area contributed by atoms with Crippen molar-refractivity contribution in [1.29, 1.82) is 0 Å². The molecule has 0 bridgehead atoms. The fourth-order valence-corrected chi connectivity index (χ4v) is 4.76. The summed E-state index contributed by atoms with van der Waals surface area (Å²) >= 11 is 6.40. The predicted molar refractivity (Wildman–Crippen MR) is 128 cm³/mol. The third-order valence-electron chi connectivity index (χ3n) is 6.11. The van der Waals surface area contributed by atoms with Gasteiger partial charge in [0.15, 0.2) is 17.1 Å². The van der Waals surface area contributed by atoms with Crippen molar-refractivity contribution in [3.8, 4) is 11.5 Å². The van der Waals surface area contributed by atoms with Gasteiger partial charge < -0.3 is 18.8 Å². The number of likely N-dealkylation sites (tertiary alicyclic amines) is 1. The Morgan fingerprint density at radius 2 is 1.88 bits per heavy atom. The van der Waals surface area contributed by atoms with Crippen molar-refractivity contribution in [3.63, 3.8) is 0 Å². The Bertz CT molecular complexity index is 1280. The lowest BCUT2D eigenvalue weighted by Crippen LogP contribution is -2.39. The Hall–Kier alpha value is -3.19. The topological polar surface area (TPSA) is 73.9 Å². The van der Waals surface area contributed by atoms with Crippen molar-refractivity contribution in [2.24, 2.45) is 0 Å². The zero-order valence-electron chi connectivity index (χ0n) is 19.2. The molecule has 1 fully saturated rings. The van der Waals surface area contributed by atoms with Crippen molar-refractivity contribution < 1.29 is 18.7 Å². The molecule has 0 aliphatic carbocycles. The minimum atomic E-state index is -0.341. The SMILES string of the molecule is COc1ccc(/C=C/C(=O)N2CCC(n3c(=O)oc4c(C)cc(C)cc43)CC2)c(Cl)c1OC. The second-order valence-electron chi connectivity index (χ2n) is 8.26. The molecule has 2 heterocycles. The van der Waals surface area contributed by atoms with Crippen LogP contribution in [0.2, 0.25) is 5.02 Å². The largest absolute Gasteiger partial charge is 0.493 e. The molecular weight excluding hydrogens is 444 g/mol. The summed E-state index contributed by atoms with van der Waals surface area (Å²) in [6.45, 7) is 5.06. The molecule has 0 N–H and O–H groups in total. The number of ether oxygens (including phenoxy) is 2. The molecule has 174 valence electrons. The summed E-state index contributed by atoms with van der Waals surface area (Å²) in [5.74, 6) is 0.514. The van der Waals surface area contributed by atoms with Gasteiger partial charge in [-0.15, -0.1) is 0 Å². The molecule has 1 aliphatic heterocycles. The standard InChI is InChI=1S/C25H27ClN2O5/c1-15-13-16(2)23-19(14-15)28(25(30)33-23)18-9-11-27(12-10-18)21(29)8-6-17-5-7-20(31-3)24(32-4)22(17)26/h5-8,13-14,18H,9-12H2,1-4H3/b8-6+. The van der Waals surface area contributed by atoms with Gasteiger partial charge in [0.2, 0.25) is 5.91 Å². The summed E-state index contributed by atoms with van der Waals surface area (Å²) in [5, 5.41) is 0.386. The van der Waals surface area contributed by atoms with Gasteiger partial charge in [-0.3, -0.25) is 9.36 Å². The van der Waals surface area contributed by atoms with Crippen molar-refractivity contribution in [3.05, 3.63) is 62.6 Å². The number of nitrogens with zero attached hydrogens (tertiary/aromatic N) is 2. The molecule has 0 unspecified atom stereocenters. The lowest BCUT2D eigenvalue weighted by molar-refractivity contribution is -0.127. The van der Waals surface area contributed by atoms with E-state index in [4.69, 9.17) is 25.5 Å². The van der Waals surface area contributed by atoms with Crippen LogP contribution >= 0.6 is 11.6 Å². The number of carbonyl (C=O) groups excluding carboxylic acids is 1. The number of fused-ring (bicyclic) bond motifs is 1. The second-order valence-corrected chi connectivity index (χ2v) is 8.64. The van der Waals surface area contributed by atoms with Gasteiger partial charge in [0.1, 0.15) is 0 Å². The summed E-state index contributed by atoms with van der Waals surface area (Å²) in [5.41, 5.74) is 4.16. The van der Waals surface area contributed by atoms with Crippen molar-refractivity contribution >= 4 is 34.7 Å². The molecule has 1 aromatic heterocycles. The summed E-state index contributed by atoms with van der Waals surface area (Å²) in [7, 11) is 3.06. The molecule has 0 radical (unpaired) electrons. The summed E-state index contributed by atoms with van der Waals surface area (Å²) in [6.07, 6.45) is 4.55. The van der Waals surface area contributed by atoms with E-state index in [0.717, 1.165) is 16.6 Å². The van der Waals surface area contributed by atoms with Crippen LogP contribution in [-0.2, 0) is 4.79 Å². The van der Waals surface area contributed by atoms with Gasteiger partial charge >= 0.3 is 5.76 Å². The van der Waals surface area contributed by atoms with E-state index < -0.39 is 0 Å². The number of hydrogen-bond acceptors (Lipinski definition) is 5. The molecule has 1 saturated heterocycles. The van der Waals surface area contributed by atoms with Gasteiger partial charge in [0.25, 0.3) is 0 Å². The van der Waals surface area contributed by atoms with E-state index in [9.17, 15) is 9.59 Å². The molecule has 33 heavy (non-hydrogen) atoms. The minimum Gasteiger partial charge on any atom is -0.493 e. The van der Waals surface area contributed by atoms with Gasteiger partial charge in [-0.25, -0.2) is 4.79 Å². The molecular formula is C25H27ClN2O5. The lowest BCUT2D eigenvalue weighted by atomic mass is 10.0. The number of benzene rings is 2. The van der Waals surface area contributed by atoms with Crippen LogP contribution in [0.15, 0.2) is 39.6 Å². The number of aromatic nitrogens is 1. The molecule has 7 nitrogen and oxygen atoms in total. The van der Waals surface area contributed by atoms with Crippen LogP contribution in [0.4, 0.5) is 0 Å². The maximum Gasteiger partial charge on any atom is 0.420 e. The highest BCUT2D eigenvalue weighted by Crippen LogP contribution is 2.37. The Morgan fingerprint density at radius 1 is 1.15 bits per heavy atom. The average molecular weight is 471 g/mol. The van der Waals surface area contributed by atoms with E-state index >= 15 is 0 Å². The highest BCUT2D eigenvalue weighted by molar-refractivity contribution is 6.33. The Kier molecular flexibility index (Phi) is 6.51. The van der Waals surface area contributed by atoms with E-state index in [0.29, 0.717) is 53.6 Å². The van der Waals surface area contributed by atoms with Gasteiger partial charge in [-0.05, 0) is 67.7 Å². The highest BCUT2D eigenvalue weighted by Gasteiger charge is 2.26. The van der Waals surface area contributed by atoms with Crippen LogP contribution in [0, 0.1) is 13.8 Å². The van der Waals surface area contributed by atoms with Crippen LogP contribution in [0.5, 0.6) is 11.5 Å².